The Morgan fingerprint density at radius 2 is 1.92 bits per heavy atom. The van der Waals surface area contributed by atoms with E-state index in [-0.39, 0.29) is 22.8 Å². The Kier molecular flexibility index (Phi) is 4.07. The molecule has 2 spiro atoms. The number of carbonyl (C=O) groups excluding carboxylic acids is 1. The fraction of sp³-hybridized carbons (Fsp3) is 0.600. The Hall–Kier alpha value is -0.980. The summed E-state index contributed by atoms with van der Waals surface area (Å²) in [5, 5.41) is 4.03. The van der Waals surface area contributed by atoms with E-state index in [4.69, 9.17) is 17.0 Å². The summed E-state index contributed by atoms with van der Waals surface area (Å²) in [5.74, 6) is 0.0725. The summed E-state index contributed by atoms with van der Waals surface area (Å²) >= 11 is 9.13. The maximum atomic E-state index is 13.7. The summed E-state index contributed by atoms with van der Waals surface area (Å²) in [4.78, 5) is 15.3. The molecule has 1 heterocycles. The molecule has 2 fully saturated rings. The van der Waals surface area contributed by atoms with Crippen molar-refractivity contribution in [2.24, 2.45) is 5.41 Å². The van der Waals surface area contributed by atoms with Gasteiger partial charge in [-0.2, -0.15) is 0 Å². The van der Waals surface area contributed by atoms with Gasteiger partial charge in [-0.1, -0.05) is 35.8 Å². The highest BCUT2D eigenvalue weighted by Crippen LogP contribution is 2.68. The number of rotatable bonds is 1. The Morgan fingerprint density at radius 3 is 2.46 bits per heavy atom. The first-order valence-electron chi connectivity index (χ1n) is 9.15. The van der Waals surface area contributed by atoms with Gasteiger partial charge in [0.05, 0.1) is 6.10 Å². The minimum absolute atomic E-state index is 0.0725. The summed E-state index contributed by atoms with van der Waals surface area (Å²) in [6.07, 6.45) is 4.05. The zero-order valence-corrected chi connectivity index (χ0v) is 18.1. The highest BCUT2D eigenvalue weighted by Gasteiger charge is 2.73. The fourth-order valence-corrected chi connectivity index (χ4v) is 6.42. The molecule has 6 heteroatoms. The minimum atomic E-state index is -0.792. The van der Waals surface area contributed by atoms with E-state index >= 15 is 0 Å². The number of nitrogens with one attached hydrogen (secondary N) is 1. The van der Waals surface area contributed by atoms with Crippen LogP contribution in [0.2, 0.25) is 0 Å². The standard InChI is InChI=1S/C20H25BrN2O2S/c1-18(2)14-6-5-12(21)11-15(14)20(16(24)23(3)17(26)22-20)19(18)9-7-13(25-4)8-10-19/h5-6,11,13H,7-10H2,1-4H3,(H,22,26). The minimum Gasteiger partial charge on any atom is -0.381 e. The van der Waals surface area contributed by atoms with Crippen LogP contribution in [0.3, 0.4) is 0 Å². The first-order valence-corrected chi connectivity index (χ1v) is 10.3. The molecule has 2 aliphatic carbocycles. The predicted octanol–water partition coefficient (Wildman–Crippen LogP) is 3.86. The van der Waals surface area contributed by atoms with Crippen LogP contribution < -0.4 is 5.32 Å². The van der Waals surface area contributed by atoms with Crippen molar-refractivity contribution in [2.75, 3.05) is 14.2 Å². The van der Waals surface area contributed by atoms with E-state index in [2.05, 4.69) is 53.3 Å². The lowest BCUT2D eigenvalue weighted by molar-refractivity contribution is -0.141. The maximum Gasteiger partial charge on any atom is 0.259 e. The van der Waals surface area contributed by atoms with Crippen LogP contribution in [0.15, 0.2) is 22.7 Å². The van der Waals surface area contributed by atoms with Crippen molar-refractivity contribution < 1.29 is 9.53 Å². The molecule has 1 aromatic carbocycles. The first-order chi connectivity index (χ1) is 12.2. The van der Waals surface area contributed by atoms with E-state index in [1.807, 2.05) is 0 Å². The number of benzene rings is 1. The van der Waals surface area contributed by atoms with Crippen molar-refractivity contribution in [1.29, 1.82) is 0 Å². The smallest absolute Gasteiger partial charge is 0.259 e. The molecule has 1 aromatic rings. The van der Waals surface area contributed by atoms with Crippen LogP contribution in [0.25, 0.3) is 0 Å². The summed E-state index contributed by atoms with van der Waals surface area (Å²) in [6, 6.07) is 6.37. The van der Waals surface area contributed by atoms with Gasteiger partial charge in [0.15, 0.2) is 10.7 Å². The molecule has 1 amide bonds. The molecule has 1 aliphatic heterocycles. The highest BCUT2D eigenvalue weighted by atomic mass is 79.9. The average Bonchev–Trinajstić information content (AvgIpc) is 2.93. The quantitative estimate of drug-likeness (QED) is 0.678. The molecule has 140 valence electrons. The molecule has 1 unspecified atom stereocenters. The fourth-order valence-electron chi connectivity index (χ4n) is 5.82. The van der Waals surface area contributed by atoms with Crippen molar-refractivity contribution in [3.63, 3.8) is 0 Å². The van der Waals surface area contributed by atoms with E-state index in [0.717, 1.165) is 35.7 Å². The molecule has 4 nitrogen and oxygen atoms in total. The van der Waals surface area contributed by atoms with Crippen molar-refractivity contribution in [3.05, 3.63) is 33.8 Å². The topological polar surface area (TPSA) is 41.6 Å². The van der Waals surface area contributed by atoms with Crippen LogP contribution in [0.5, 0.6) is 0 Å². The molecule has 0 bridgehead atoms. The number of carbonyl (C=O) groups is 1. The Balaban J connectivity index is 1.98. The third-order valence-electron chi connectivity index (χ3n) is 7.32. The molecule has 1 atom stereocenters. The second-order valence-electron chi connectivity index (χ2n) is 8.38. The monoisotopic (exact) mass is 436 g/mol. The van der Waals surface area contributed by atoms with Crippen LogP contribution in [0.4, 0.5) is 0 Å². The summed E-state index contributed by atoms with van der Waals surface area (Å²) < 4.78 is 6.62. The molecular formula is C20H25BrN2O2S. The van der Waals surface area contributed by atoms with E-state index in [1.54, 1.807) is 19.1 Å². The number of hydrogen-bond donors (Lipinski definition) is 1. The zero-order chi connectivity index (χ0) is 18.9. The van der Waals surface area contributed by atoms with E-state index < -0.39 is 5.54 Å². The molecule has 1 saturated heterocycles. The van der Waals surface area contributed by atoms with Crippen LogP contribution in [0, 0.1) is 5.41 Å². The normalized spacial score (nSPS) is 35.3. The van der Waals surface area contributed by atoms with E-state index in [1.165, 1.54) is 5.56 Å². The third-order valence-corrected chi connectivity index (χ3v) is 8.19. The number of methoxy groups -OCH3 is 1. The molecular weight excluding hydrogens is 412 g/mol. The number of amides is 1. The van der Waals surface area contributed by atoms with Gasteiger partial charge in [0.2, 0.25) is 0 Å². The van der Waals surface area contributed by atoms with Crippen molar-refractivity contribution >= 4 is 39.2 Å². The number of ether oxygens (including phenoxy) is 1. The van der Waals surface area contributed by atoms with Crippen molar-refractivity contribution in [2.45, 2.75) is 56.6 Å². The van der Waals surface area contributed by atoms with Gasteiger partial charge in [-0.3, -0.25) is 9.69 Å². The second kappa shape index (κ2) is 5.76. The molecule has 4 rings (SSSR count). The molecule has 1 saturated carbocycles. The third kappa shape index (κ3) is 1.98. The SMILES string of the molecule is COC1CCC2(CC1)C(C)(C)c1ccc(Br)cc1C21NC(=S)N(C)C1=O. The van der Waals surface area contributed by atoms with Gasteiger partial charge in [-0.15, -0.1) is 0 Å². The van der Waals surface area contributed by atoms with E-state index in [9.17, 15) is 4.79 Å². The maximum absolute atomic E-state index is 13.7. The first kappa shape index (κ1) is 18.4. The average molecular weight is 437 g/mol. The molecule has 0 radical (unpaired) electrons. The van der Waals surface area contributed by atoms with Crippen LogP contribution in [-0.4, -0.2) is 36.2 Å². The summed E-state index contributed by atoms with van der Waals surface area (Å²) in [5.41, 5.74) is 1.15. The number of halogens is 1. The van der Waals surface area contributed by atoms with Gasteiger partial charge in [0.25, 0.3) is 5.91 Å². The molecule has 1 N–H and O–H groups in total. The van der Waals surface area contributed by atoms with Gasteiger partial charge in [-0.05, 0) is 66.6 Å². The van der Waals surface area contributed by atoms with Crippen LogP contribution in [0.1, 0.15) is 50.7 Å². The number of fused-ring (bicyclic) bond motifs is 3. The number of nitrogens with zero attached hydrogens (tertiary/aromatic N) is 1. The van der Waals surface area contributed by atoms with Crippen LogP contribution in [-0.2, 0) is 20.5 Å². The zero-order valence-electron chi connectivity index (χ0n) is 15.7. The largest absolute Gasteiger partial charge is 0.381 e. The van der Waals surface area contributed by atoms with Crippen molar-refractivity contribution in [3.8, 4) is 0 Å². The Bertz CT molecular complexity index is 801. The lowest BCUT2D eigenvalue weighted by atomic mass is 9.52. The summed E-state index contributed by atoms with van der Waals surface area (Å²) in [7, 11) is 3.57. The van der Waals surface area contributed by atoms with Gasteiger partial charge in [-0.25, -0.2) is 0 Å². The number of hydrogen-bond acceptors (Lipinski definition) is 3. The molecule has 0 aromatic heterocycles. The van der Waals surface area contributed by atoms with Gasteiger partial charge in [0.1, 0.15) is 0 Å². The van der Waals surface area contributed by atoms with E-state index in [0.29, 0.717) is 5.11 Å². The molecule has 3 aliphatic rings. The number of likely N-dealkylation sites (N-methyl/N-ethyl adjacent to an activating group) is 1. The van der Waals surface area contributed by atoms with Gasteiger partial charge < -0.3 is 10.1 Å². The Labute approximate surface area is 168 Å². The number of thiocarbonyl (C=S) groups is 1. The van der Waals surface area contributed by atoms with Gasteiger partial charge in [0, 0.05) is 24.0 Å². The van der Waals surface area contributed by atoms with Gasteiger partial charge >= 0.3 is 0 Å². The lowest BCUT2D eigenvalue weighted by Crippen LogP contribution is -2.61. The predicted molar refractivity (Wildman–Crippen MR) is 109 cm³/mol. The highest BCUT2D eigenvalue weighted by molar-refractivity contribution is 9.10. The van der Waals surface area contributed by atoms with Crippen LogP contribution >= 0.6 is 28.1 Å². The Morgan fingerprint density at radius 1 is 1.27 bits per heavy atom. The molecule has 26 heavy (non-hydrogen) atoms. The lowest BCUT2D eigenvalue weighted by Gasteiger charge is -2.53. The summed E-state index contributed by atoms with van der Waals surface area (Å²) in [6.45, 7) is 4.58. The van der Waals surface area contributed by atoms with Crippen molar-refractivity contribution in [1.82, 2.24) is 10.2 Å². The second-order valence-corrected chi connectivity index (χ2v) is 9.68.